The van der Waals surface area contributed by atoms with Crippen molar-refractivity contribution in [3.63, 3.8) is 0 Å². The number of carbonyl (C=O) groups excluding carboxylic acids is 1. The molecule has 3 nitrogen and oxygen atoms in total. The molecule has 0 aliphatic carbocycles. The Bertz CT molecular complexity index is 749. The summed E-state index contributed by atoms with van der Waals surface area (Å²) in [6, 6.07) is 13.4. The number of likely N-dealkylation sites (N-methyl/N-ethyl adjacent to an activating group) is 1. The van der Waals surface area contributed by atoms with Gasteiger partial charge in [0.25, 0.3) is 0 Å². The largest absolute Gasteiger partial charge is 0.491 e. The Morgan fingerprint density at radius 3 is 2.68 bits per heavy atom. The molecular formula is C17H17ClNO2S+. The molecule has 0 bridgehead atoms. The van der Waals surface area contributed by atoms with Gasteiger partial charge in [-0.25, -0.2) is 4.79 Å². The predicted octanol–water partition coefficient (Wildman–Crippen LogP) is 4.64. The van der Waals surface area contributed by atoms with E-state index in [1.807, 2.05) is 38.2 Å². The lowest BCUT2D eigenvalue weighted by atomic mass is 9.99. The minimum absolute atomic E-state index is 0.0852. The molecule has 0 aromatic heterocycles. The summed E-state index contributed by atoms with van der Waals surface area (Å²) in [5.74, 6) is 0.606. The van der Waals surface area contributed by atoms with Crippen molar-refractivity contribution >= 4 is 35.1 Å². The first-order valence-corrected chi connectivity index (χ1v) is 8.16. The Morgan fingerprint density at radius 1 is 1.23 bits per heavy atom. The quantitative estimate of drug-likeness (QED) is 0.591. The van der Waals surface area contributed by atoms with Gasteiger partial charge in [0.15, 0.2) is 11.4 Å². The van der Waals surface area contributed by atoms with Crippen LogP contribution in [0.3, 0.4) is 0 Å². The number of quaternary nitrogens is 1. The van der Waals surface area contributed by atoms with E-state index in [4.69, 9.17) is 16.3 Å². The van der Waals surface area contributed by atoms with Crippen molar-refractivity contribution in [2.45, 2.75) is 17.7 Å². The van der Waals surface area contributed by atoms with Crippen molar-refractivity contribution in [3.8, 4) is 5.75 Å². The number of halogens is 1. The summed E-state index contributed by atoms with van der Waals surface area (Å²) in [6.45, 7) is 1.95. The van der Waals surface area contributed by atoms with Gasteiger partial charge in [-0.15, -0.1) is 0 Å². The zero-order valence-corrected chi connectivity index (χ0v) is 14.2. The average Bonchev–Trinajstić information content (AvgIpc) is 2.53. The molecule has 114 valence electrons. The molecule has 2 aromatic carbocycles. The van der Waals surface area contributed by atoms with E-state index in [1.165, 1.54) is 11.9 Å². The third-order valence-corrected chi connectivity index (χ3v) is 5.60. The highest BCUT2D eigenvalue weighted by Gasteiger charge is 2.47. The fourth-order valence-corrected chi connectivity index (χ4v) is 4.37. The zero-order valence-electron chi connectivity index (χ0n) is 12.7. The molecule has 22 heavy (non-hydrogen) atoms. The van der Waals surface area contributed by atoms with Gasteiger partial charge in [0, 0.05) is 11.1 Å². The SMILES string of the molecule is COc1ccc(Cl)cc1[N+]1(C)Sc2ccccc2C(C)C1=O. The highest BCUT2D eigenvalue weighted by molar-refractivity contribution is 7.99. The number of ether oxygens (including phenoxy) is 1. The molecule has 2 atom stereocenters. The Balaban J connectivity index is 2.18. The van der Waals surface area contributed by atoms with E-state index in [0.717, 1.165) is 16.1 Å². The minimum atomic E-state index is -0.175. The van der Waals surface area contributed by atoms with Crippen LogP contribution in [0.5, 0.6) is 5.75 Å². The van der Waals surface area contributed by atoms with Gasteiger partial charge in [-0.3, -0.25) is 0 Å². The summed E-state index contributed by atoms with van der Waals surface area (Å²) in [5.41, 5.74) is 1.85. The van der Waals surface area contributed by atoms with Crippen LogP contribution in [0.2, 0.25) is 5.02 Å². The first kappa shape index (κ1) is 15.4. The topological polar surface area (TPSA) is 26.3 Å². The van der Waals surface area contributed by atoms with E-state index in [-0.39, 0.29) is 15.7 Å². The Morgan fingerprint density at radius 2 is 1.95 bits per heavy atom. The number of carbonyl (C=O) groups is 1. The molecule has 0 saturated heterocycles. The van der Waals surface area contributed by atoms with E-state index in [9.17, 15) is 4.79 Å². The molecule has 1 amide bonds. The molecular weight excluding hydrogens is 318 g/mol. The standard InChI is InChI=1S/C17H17ClNO2S/c1-11-13-6-4-5-7-16(13)22-19(2,17(11)20)14-10-12(18)8-9-15(14)21-3/h4-11H,1-3H3/q+1. The number of rotatable bonds is 2. The highest BCUT2D eigenvalue weighted by Crippen LogP contribution is 2.49. The second kappa shape index (κ2) is 5.61. The number of benzene rings is 2. The monoisotopic (exact) mass is 334 g/mol. The lowest BCUT2D eigenvalue weighted by Gasteiger charge is -2.36. The van der Waals surface area contributed by atoms with Crippen LogP contribution in [0.15, 0.2) is 47.4 Å². The van der Waals surface area contributed by atoms with Crippen LogP contribution in [-0.2, 0) is 4.79 Å². The predicted molar refractivity (Wildman–Crippen MR) is 91.4 cm³/mol. The van der Waals surface area contributed by atoms with Crippen LogP contribution in [0, 0.1) is 0 Å². The molecule has 0 spiro atoms. The van der Waals surface area contributed by atoms with Crippen LogP contribution in [0.1, 0.15) is 18.4 Å². The van der Waals surface area contributed by atoms with Crippen LogP contribution >= 0.6 is 23.5 Å². The fraction of sp³-hybridized carbons (Fsp3) is 0.235. The molecule has 3 rings (SSSR count). The first-order valence-electron chi connectivity index (χ1n) is 7.01. The maximum Gasteiger partial charge on any atom is 0.337 e. The average molecular weight is 335 g/mol. The molecule has 1 aliphatic rings. The van der Waals surface area contributed by atoms with E-state index in [0.29, 0.717) is 10.8 Å². The van der Waals surface area contributed by atoms with Crippen LogP contribution in [0.25, 0.3) is 0 Å². The van der Waals surface area contributed by atoms with Crippen LogP contribution in [-0.4, -0.2) is 20.1 Å². The molecule has 2 unspecified atom stereocenters. The van der Waals surface area contributed by atoms with E-state index >= 15 is 0 Å². The molecule has 0 N–H and O–H groups in total. The molecule has 1 aliphatic heterocycles. The van der Waals surface area contributed by atoms with Gasteiger partial charge in [0.2, 0.25) is 0 Å². The number of nitrogens with zero attached hydrogens (tertiary/aromatic N) is 1. The van der Waals surface area contributed by atoms with Crippen molar-refractivity contribution in [1.82, 2.24) is 3.89 Å². The summed E-state index contributed by atoms with van der Waals surface area (Å²) in [6.07, 6.45) is 0. The maximum atomic E-state index is 13.0. The number of hydrogen-bond donors (Lipinski definition) is 0. The summed E-state index contributed by atoms with van der Waals surface area (Å²) in [4.78, 5) is 14.2. The molecule has 0 fully saturated rings. The number of methoxy groups -OCH3 is 1. The van der Waals surface area contributed by atoms with Crippen molar-refractivity contribution in [3.05, 3.63) is 53.1 Å². The molecule has 5 heteroatoms. The van der Waals surface area contributed by atoms with Gasteiger partial charge >= 0.3 is 5.91 Å². The Labute approximate surface area is 139 Å². The Kier molecular flexibility index (Phi) is 3.93. The van der Waals surface area contributed by atoms with Gasteiger partial charge in [-0.05, 0) is 30.7 Å². The second-order valence-corrected chi connectivity index (χ2v) is 7.22. The van der Waals surface area contributed by atoms with Gasteiger partial charge in [-0.2, -0.15) is 3.89 Å². The van der Waals surface area contributed by atoms with E-state index < -0.39 is 0 Å². The summed E-state index contributed by atoms with van der Waals surface area (Å²) in [7, 11) is 3.50. The van der Waals surface area contributed by atoms with Crippen LogP contribution < -0.4 is 8.63 Å². The van der Waals surface area contributed by atoms with Crippen molar-refractivity contribution < 1.29 is 9.53 Å². The molecule has 0 radical (unpaired) electrons. The van der Waals surface area contributed by atoms with Crippen molar-refractivity contribution in [2.75, 3.05) is 14.2 Å². The highest BCUT2D eigenvalue weighted by atomic mass is 35.5. The minimum Gasteiger partial charge on any atom is -0.491 e. The van der Waals surface area contributed by atoms with Crippen molar-refractivity contribution in [2.24, 2.45) is 0 Å². The second-order valence-electron chi connectivity index (χ2n) is 5.43. The number of fused-ring (bicyclic) bond motifs is 1. The number of hydrogen-bond acceptors (Lipinski definition) is 3. The van der Waals surface area contributed by atoms with Gasteiger partial charge in [0.05, 0.1) is 25.0 Å². The molecule has 2 aromatic rings. The normalized spacial score (nSPS) is 24.0. The van der Waals surface area contributed by atoms with Crippen molar-refractivity contribution in [1.29, 1.82) is 0 Å². The third-order valence-electron chi connectivity index (χ3n) is 4.06. The number of amides is 1. The lowest BCUT2D eigenvalue weighted by molar-refractivity contribution is -0.126. The Hall–Kier alpha value is -1.49. The smallest absolute Gasteiger partial charge is 0.337 e. The third kappa shape index (κ3) is 2.32. The summed E-state index contributed by atoms with van der Waals surface area (Å²) in [5, 5.41) is 0.593. The molecule has 0 saturated carbocycles. The maximum absolute atomic E-state index is 13.0. The summed E-state index contributed by atoms with van der Waals surface area (Å²) < 4.78 is 5.54. The first-order chi connectivity index (χ1) is 10.5. The fourth-order valence-electron chi connectivity index (χ4n) is 2.83. The van der Waals surface area contributed by atoms with E-state index in [2.05, 4.69) is 6.07 Å². The molecule has 1 heterocycles. The van der Waals surface area contributed by atoms with Gasteiger partial charge in [-0.1, -0.05) is 29.8 Å². The summed E-state index contributed by atoms with van der Waals surface area (Å²) >= 11 is 7.67. The lowest BCUT2D eigenvalue weighted by Crippen LogP contribution is -2.48. The van der Waals surface area contributed by atoms with Crippen LogP contribution in [0.4, 0.5) is 5.69 Å². The zero-order chi connectivity index (χ0) is 15.9. The van der Waals surface area contributed by atoms with Gasteiger partial charge in [0.1, 0.15) is 11.9 Å². The van der Waals surface area contributed by atoms with Gasteiger partial charge < -0.3 is 4.74 Å². The van der Waals surface area contributed by atoms with E-state index in [1.54, 1.807) is 19.2 Å².